The molecule has 0 saturated carbocycles. The molecule has 3 nitrogen and oxygen atoms in total. The summed E-state index contributed by atoms with van der Waals surface area (Å²) in [6.45, 7) is 6.26. The quantitative estimate of drug-likeness (QED) is 0.693. The summed E-state index contributed by atoms with van der Waals surface area (Å²) in [4.78, 5) is 2.48. The highest BCUT2D eigenvalue weighted by atomic mass is 16.6. The Hall–Kier alpha value is -1.06. The summed E-state index contributed by atoms with van der Waals surface area (Å²) in [5.41, 5.74) is 2.71. The molecule has 98 valence electrons. The molecule has 2 aliphatic rings. The highest BCUT2D eigenvalue weighted by Gasteiger charge is 2.26. The highest BCUT2D eigenvalue weighted by molar-refractivity contribution is 5.52. The van der Waals surface area contributed by atoms with Crippen LogP contribution in [0.1, 0.15) is 18.4 Å². The predicted molar refractivity (Wildman–Crippen MR) is 72.1 cm³/mol. The van der Waals surface area contributed by atoms with Crippen LogP contribution in [0, 0.1) is 6.92 Å². The molecule has 0 aromatic heterocycles. The van der Waals surface area contributed by atoms with Crippen LogP contribution in [0.4, 0.5) is 5.69 Å². The lowest BCUT2D eigenvalue weighted by molar-refractivity contribution is 0.388. The number of epoxide rings is 2. The monoisotopic (exact) mass is 247 g/mol. The number of hydrogen-bond acceptors (Lipinski definition) is 3. The first kappa shape index (κ1) is 12.0. The van der Waals surface area contributed by atoms with Gasteiger partial charge >= 0.3 is 0 Å². The van der Waals surface area contributed by atoms with Gasteiger partial charge in [-0.1, -0.05) is 18.2 Å². The fourth-order valence-electron chi connectivity index (χ4n) is 2.34. The molecule has 18 heavy (non-hydrogen) atoms. The van der Waals surface area contributed by atoms with E-state index >= 15 is 0 Å². The predicted octanol–water partition coefficient (Wildman–Crippen LogP) is 2.38. The lowest BCUT2D eigenvalue weighted by atomic mass is 10.1. The maximum absolute atomic E-state index is 5.31. The number of hydrogen-bond donors (Lipinski definition) is 0. The van der Waals surface area contributed by atoms with Crippen molar-refractivity contribution in [2.45, 2.75) is 32.0 Å². The van der Waals surface area contributed by atoms with Crippen molar-refractivity contribution in [1.82, 2.24) is 0 Å². The number of rotatable bonds is 7. The van der Waals surface area contributed by atoms with Crippen molar-refractivity contribution in [1.29, 1.82) is 0 Å². The first-order valence-electron chi connectivity index (χ1n) is 6.87. The molecule has 0 amide bonds. The van der Waals surface area contributed by atoms with Crippen LogP contribution in [0.5, 0.6) is 0 Å². The molecular formula is C15H21NO2. The summed E-state index contributed by atoms with van der Waals surface area (Å²) < 4.78 is 10.6. The normalized spacial score (nSPS) is 24.9. The van der Waals surface area contributed by atoms with Gasteiger partial charge in [0.05, 0.1) is 25.4 Å². The number of aryl methyl sites for hydroxylation is 1. The van der Waals surface area contributed by atoms with E-state index in [9.17, 15) is 0 Å². The molecule has 2 unspecified atom stereocenters. The Morgan fingerprint density at radius 2 is 1.61 bits per heavy atom. The Balaban J connectivity index is 1.63. The molecule has 0 N–H and O–H groups in total. The van der Waals surface area contributed by atoms with E-state index in [2.05, 4.69) is 36.1 Å². The van der Waals surface area contributed by atoms with Gasteiger partial charge in [0.15, 0.2) is 0 Å². The molecule has 1 aromatic rings. The Kier molecular flexibility index (Phi) is 3.52. The fourth-order valence-corrected chi connectivity index (χ4v) is 2.34. The second-order valence-electron chi connectivity index (χ2n) is 5.26. The molecule has 3 rings (SSSR count). The summed E-state index contributed by atoms with van der Waals surface area (Å²) in [6, 6.07) is 8.63. The van der Waals surface area contributed by atoms with E-state index in [1.807, 2.05) is 0 Å². The zero-order valence-electron chi connectivity index (χ0n) is 11.0. The maximum Gasteiger partial charge on any atom is 0.0826 e. The summed E-state index contributed by atoms with van der Waals surface area (Å²) in [5, 5.41) is 0. The largest absolute Gasteiger partial charge is 0.373 e. The van der Waals surface area contributed by atoms with E-state index in [1.54, 1.807) is 0 Å². The molecule has 2 saturated heterocycles. The molecule has 0 radical (unpaired) electrons. The third-order valence-corrected chi connectivity index (χ3v) is 3.70. The van der Waals surface area contributed by atoms with Gasteiger partial charge in [0.2, 0.25) is 0 Å². The van der Waals surface area contributed by atoms with E-state index in [-0.39, 0.29) is 0 Å². The minimum atomic E-state index is 0.508. The SMILES string of the molecule is Cc1ccccc1N(CCC1CO1)CCC1CO1. The van der Waals surface area contributed by atoms with Crippen LogP contribution in [0.25, 0.3) is 0 Å². The van der Waals surface area contributed by atoms with Gasteiger partial charge in [-0.05, 0) is 31.4 Å². The van der Waals surface area contributed by atoms with Crippen molar-refractivity contribution < 1.29 is 9.47 Å². The molecular weight excluding hydrogens is 226 g/mol. The van der Waals surface area contributed by atoms with Gasteiger partial charge < -0.3 is 14.4 Å². The highest BCUT2D eigenvalue weighted by Crippen LogP contribution is 2.24. The molecule has 3 heteroatoms. The van der Waals surface area contributed by atoms with Crippen LogP contribution in [0.3, 0.4) is 0 Å². The first-order valence-corrected chi connectivity index (χ1v) is 6.87. The average Bonchev–Trinajstić information content (AvgIpc) is 3.26. The molecule has 2 aliphatic heterocycles. The Labute approximate surface area is 109 Å². The van der Waals surface area contributed by atoms with Crippen molar-refractivity contribution in [3.63, 3.8) is 0 Å². The molecule has 1 aromatic carbocycles. The average molecular weight is 247 g/mol. The molecule has 2 heterocycles. The van der Waals surface area contributed by atoms with Crippen molar-refractivity contribution in [2.75, 3.05) is 31.2 Å². The van der Waals surface area contributed by atoms with Crippen LogP contribution < -0.4 is 4.90 Å². The standard InChI is InChI=1S/C15H21NO2/c1-12-4-2-3-5-15(12)16(8-6-13-10-17-13)9-7-14-11-18-14/h2-5,13-14H,6-11H2,1H3. The Bertz CT molecular complexity index is 383. The third kappa shape index (κ3) is 3.24. The number of benzene rings is 1. The fraction of sp³-hybridized carbons (Fsp3) is 0.600. The van der Waals surface area contributed by atoms with Crippen LogP contribution >= 0.6 is 0 Å². The Morgan fingerprint density at radius 1 is 1.06 bits per heavy atom. The zero-order valence-corrected chi connectivity index (χ0v) is 11.0. The van der Waals surface area contributed by atoms with Gasteiger partial charge in [0, 0.05) is 18.8 Å². The number of para-hydroxylation sites is 1. The second-order valence-corrected chi connectivity index (χ2v) is 5.26. The van der Waals surface area contributed by atoms with Crippen LogP contribution in [0.15, 0.2) is 24.3 Å². The molecule has 2 atom stereocenters. The lowest BCUT2D eigenvalue weighted by Crippen LogP contribution is -2.28. The third-order valence-electron chi connectivity index (χ3n) is 3.70. The zero-order chi connectivity index (χ0) is 12.4. The molecule has 0 spiro atoms. The van der Waals surface area contributed by atoms with Gasteiger partial charge in [-0.3, -0.25) is 0 Å². The van der Waals surface area contributed by atoms with Crippen molar-refractivity contribution in [3.8, 4) is 0 Å². The van der Waals surface area contributed by atoms with Crippen LogP contribution in [-0.4, -0.2) is 38.5 Å². The molecule has 0 aliphatic carbocycles. The van der Waals surface area contributed by atoms with Crippen molar-refractivity contribution in [2.24, 2.45) is 0 Å². The minimum Gasteiger partial charge on any atom is -0.373 e. The number of ether oxygens (including phenoxy) is 2. The summed E-state index contributed by atoms with van der Waals surface area (Å²) >= 11 is 0. The smallest absolute Gasteiger partial charge is 0.0826 e. The van der Waals surface area contributed by atoms with Gasteiger partial charge in [0.25, 0.3) is 0 Å². The lowest BCUT2D eigenvalue weighted by Gasteiger charge is -2.26. The molecule has 2 fully saturated rings. The number of nitrogens with zero attached hydrogens (tertiary/aromatic N) is 1. The summed E-state index contributed by atoms with van der Waals surface area (Å²) in [7, 11) is 0. The van der Waals surface area contributed by atoms with Gasteiger partial charge in [-0.25, -0.2) is 0 Å². The van der Waals surface area contributed by atoms with E-state index < -0.39 is 0 Å². The maximum atomic E-state index is 5.31. The van der Waals surface area contributed by atoms with Crippen LogP contribution in [0.2, 0.25) is 0 Å². The Morgan fingerprint density at radius 3 is 2.11 bits per heavy atom. The van der Waals surface area contributed by atoms with Crippen molar-refractivity contribution in [3.05, 3.63) is 29.8 Å². The summed E-state index contributed by atoms with van der Waals surface area (Å²) in [5.74, 6) is 0. The van der Waals surface area contributed by atoms with Gasteiger partial charge in [-0.15, -0.1) is 0 Å². The van der Waals surface area contributed by atoms with E-state index in [4.69, 9.17) is 9.47 Å². The van der Waals surface area contributed by atoms with Gasteiger partial charge in [-0.2, -0.15) is 0 Å². The summed E-state index contributed by atoms with van der Waals surface area (Å²) in [6.07, 6.45) is 3.29. The first-order chi connectivity index (χ1) is 8.83. The van der Waals surface area contributed by atoms with Crippen LogP contribution in [-0.2, 0) is 9.47 Å². The topological polar surface area (TPSA) is 28.3 Å². The van der Waals surface area contributed by atoms with Gasteiger partial charge in [0.1, 0.15) is 0 Å². The number of anilines is 1. The van der Waals surface area contributed by atoms with Crippen molar-refractivity contribution >= 4 is 5.69 Å². The van der Waals surface area contributed by atoms with E-state index in [0.29, 0.717) is 12.2 Å². The van der Waals surface area contributed by atoms with E-state index in [1.165, 1.54) is 11.3 Å². The minimum absolute atomic E-state index is 0.508. The second kappa shape index (κ2) is 5.29. The molecule has 0 bridgehead atoms. The van der Waals surface area contributed by atoms with E-state index in [0.717, 1.165) is 39.1 Å².